The van der Waals surface area contributed by atoms with Gasteiger partial charge in [0.15, 0.2) is 0 Å². The number of H-pyrrole nitrogens is 1. The SMILES string of the molecule is Cc1n[nH]c(C)c1S(=O)(=O)NCCCCCCN. The van der Waals surface area contributed by atoms with Crippen LogP contribution >= 0.6 is 0 Å². The van der Waals surface area contributed by atoms with E-state index in [0.717, 1.165) is 25.7 Å². The Morgan fingerprint density at radius 3 is 2.44 bits per heavy atom. The van der Waals surface area contributed by atoms with Gasteiger partial charge in [0.1, 0.15) is 4.90 Å². The summed E-state index contributed by atoms with van der Waals surface area (Å²) in [7, 11) is -3.44. The fourth-order valence-corrected chi connectivity index (χ4v) is 3.28. The summed E-state index contributed by atoms with van der Waals surface area (Å²) >= 11 is 0. The molecule has 0 amide bonds. The molecule has 0 bridgehead atoms. The minimum Gasteiger partial charge on any atom is -0.330 e. The van der Waals surface area contributed by atoms with Crippen LogP contribution < -0.4 is 10.5 Å². The molecular weight excluding hydrogens is 252 g/mol. The summed E-state index contributed by atoms with van der Waals surface area (Å²) in [5.41, 5.74) is 6.46. The second kappa shape index (κ2) is 6.86. The average molecular weight is 274 g/mol. The lowest BCUT2D eigenvalue weighted by Gasteiger charge is -2.06. The Morgan fingerprint density at radius 1 is 1.22 bits per heavy atom. The highest BCUT2D eigenvalue weighted by Gasteiger charge is 2.21. The van der Waals surface area contributed by atoms with E-state index in [4.69, 9.17) is 5.73 Å². The third-order valence-corrected chi connectivity index (χ3v) is 4.48. The van der Waals surface area contributed by atoms with Gasteiger partial charge in [-0.25, -0.2) is 13.1 Å². The fraction of sp³-hybridized carbons (Fsp3) is 0.727. The average Bonchev–Trinajstić information content (AvgIpc) is 2.64. The predicted octanol–water partition coefficient (Wildman–Crippen LogP) is 0.824. The van der Waals surface area contributed by atoms with Crippen molar-refractivity contribution in [3.8, 4) is 0 Å². The van der Waals surface area contributed by atoms with Crippen LogP contribution in [0.4, 0.5) is 0 Å². The number of nitrogens with two attached hydrogens (primary N) is 1. The van der Waals surface area contributed by atoms with Crippen LogP contribution in [0, 0.1) is 13.8 Å². The Bertz CT molecular complexity index is 448. The molecule has 1 aromatic heterocycles. The number of nitrogens with one attached hydrogen (secondary N) is 2. The van der Waals surface area contributed by atoms with Crippen LogP contribution in [-0.2, 0) is 10.0 Å². The molecule has 0 fully saturated rings. The summed E-state index contributed by atoms with van der Waals surface area (Å²) in [6.07, 6.45) is 3.85. The Morgan fingerprint density at radius 2 is 1.89 bits per heavy atom. The van der Waals surface area contributed by atoms with Crippen molar-refractivity contribution in [1.29, 1.82) is 0 Å². The summed E-state index contributed by atoms with van der Waals surface area (Å²) in [6.45, 7) is 4.53. The molecule has 1 aromatic rings. The first-order chi connectivity index (χ1) is 8.49. The van der Waals surface area contributed by atoms with Crippen molar-refractivity contribution in [3.63, 3.8) is 0 Å². The normalized spacial score (nSPS) is 11.9. The van der Waals surface area contributed by atoms with Crippen LogP contribution in [0.25, 0.3) is 0 Å². The van der Waals surface area contributed by atoms with E-state index in [-0.39, 0.29) is 4.90 Å². The largest absolute Gasteiger partial charge is 0.330 e. The first-order valence-electron chi connectivity index (χ1n) is 6.20. The molecule has 0 atom stereocenters. The fourth-order valence-electron chi connectivity index (χ4n) is 1.84. The van der Waals surface area contributed by atoms with Gasteiger partial charge >= 0.3 is 0 Å². The summed E-state index contributed by atoms with van der Waals surface area (Å²) in [6, 6.07) is 0. The molecule has 18 heavy (non-hydrogen) atoms. The molecule has 0 aliphatic heterocycles. The molecule has 0 radical (unpaired) electrons. The van der Waals surface area contributed by atoms with E-state index < -0.39 is 10.0 Å². The van der Waals surface area contributed by atoms with E-state index in [1.807, 2.05) is 0 Å². The minimum absolute atomic E-state index is 0.268. The van der Waals surface area contributed by atoms with Crippen molar-refractivity contribution in [1.82, 2.24) is 14.9 Å². The topological polar surface area (TPSA) is 101 Å². The molecule has 104 valence electrons. The molecule has 0 aliphatic carbocycles. The number of hydrogen-bond donors (Lipinski definition) is 3. The maximum Gasteiger partial charge on any atom is 0.244 e. The van der Waals surface area contributed by atoms with E-state index in [1.165, 1.54) is 0 Å². The van der Waals surface area contributed by atoms with Gasteiger partial charge in [-0.2, -0.15) is 5.10 Å². The lowest BCUT2D eigenvalue weighted by Crippen LogP contribution is -2.25. The van der Waals surface area contributed by atoms with Crippen molar-refractivity contribution in [2.24, 2.45) is 5.73 Å². The number of unbranched alkanes of at least 4 members (excludes halogenated alkanes) is 3. The van der Waals surface area contributed by atoms with Crippen LogP contribution in [0.1, 0.15) is 37.1 Å². The Labute approximate surface area is 108 Å². The van der Waals surface area contributed by atoms with E-state index in [1.54, 1.807) is 13.8 Å². The smallest absolute Gasteiger partial charge is 0.244 e. The lowest BCUT2D eigenvalue weighted by atomic mass is 10.2. The molecule has 0 aromatic carbocycles. The number of rotatable bonds is 8. The molecule has 0 saturated carbocycles. The molecule has 0 unspecified atom stereocenters. The molecule has 1 rings (SSSR count). The number of aromatic amines is 1. The molecular formula is C11H22N4O2S. The summed E-state index contributed by atoms with van der Waals surface area (Å²) in [5.74, 6) is 0. The van der Waals surface area contributed by atoms with Crippen molar-refractivity contribution in [2.45, 2.75) is 44.4 Å². The van der Waals surface area contributed by atoms with Crippen LogP contribution in [0.15, 0.2) is 4.90 Å². The third-order valence-electron chi connectivity index (χ3n) is 2.75. The molecule has 0 spiro atoms. The highest BCUT2D eigenvalue weighted by molar-refractivity contribution is 7.89. The standard InChI is InChI=1S/C11H22N4O2S/c1-9-11(10(2)15-14-9)18(16,17)13-8-6-4-3-5-7-12/h13H,3-8,12H2,1-2H3,(H,14,15). The number of aryl methyl sites for hydroxylation is 2. The number of nitrogens with zero attached hydrogens (tertiary/aromatic N) is 1. The van der Waals surface area contributed by atoms with Gasteiger partial charge in [-0.15, -0.1) is 0 Å². The third kappa shape index (κ3) is 4.08. The lowest BCUT2D eigenvalue weighted by molar-refractivity contribution is 0.571. The van der Waals surface area contributed by atoms with Gasteiger partial charge in [0.2, 0.25) is 10.0 Å². The summed E-state index contributed by atoms with van der Waals surface area (Å²) in [4.78, 5) is 0.268. The van der Waals surface area contributed by atoms with E-state index in [2.05, 4.69) is 14.9 Å². The molecule has 4 N–H and O–H groups in total. The van der Waals surface area contributed by atoms with Gasteiger partial charge in [0.05, 0.1) is 11.4 Å². The monoisotopic (exact) mass is 274 g/mol. The number of hydrogen-bond acceptors (Lipinski definition) is 4. The van der Waals surface area contributed by atoms with Gasteiger partial charge in [-0.3, -0.25) is 5.10 Å². The zero-order valence-corrected chi connectivity index (χ0v) is 11.8. The van der Waals surface area contributed by atoms with Crippen LogP contribution in [0.5, 0.6) is 0 Å². The van der Waals surface area contributed by atoms with Crippen LogP contribution in [0.3, 0.4) is 0 Å². The predicted molar refractivity (Wildman–Crippen MR) is 70.8 cm³/mol. The van der Waals surface area contributed by atoms with Crippen LogP contribution in [-0.4, -0.2) is 31.7 Å². The highest BCUT2D eigenvalue weighted by atomic mass is 32.2. The van der Waals surface area contributed by atoms with Crippen molar-refractivity contribution < 1.29 is 8.42 Å². The van der Waals surface area contributed by atoms with Gasteiger partial charge in [-0.1, -0.05) is 12.8 Å². The van der Waals surface area contributed by atoms with E-state index >= 15 is 0 Å². The second-order valence-corrected chi connectivity index (χ2v) is 6.07. The van der Waals surface area contributed by atoms with Crippen molar-refractivity contribution in [3.05, 3.63) is 11.4 Å². The molecule has 0 saturated heterocycles. The maximum atomic E-state index is 12.0. The van der Waals surface area contributed by atoms with Gasteiger partial charge in [0, 0.05) is 6.54 Å². The number of sulfonamides is 1. The van der Waals surface area contributed by atoms with Crippen LogP contribution in [0.2, 0.25) is 0 Å². The first kappa shape index (κ1) is 15.1. The van der Waals surface area contributed by atoms with E-state index in [0.29, 0.717) is 24.5 Å². The maximum absolute atomic E-state index is 12.0. The van der Waals surface area contributed by atoms with Crippen molar-refractivity contribution in [2.75, 3.05) is 13.1 Å². The molecule has 0 aliphatic rings. The zero-order chi connectivity index (χ0) is 13.6. The minimum atomic E-state index is -3.44. The summed E-state index contributed by atoms with van der Waals surface area (Å²) < 4.78 is 26.7. The van der Waals surface area contributed by atoms with Crippen molar-refractivity contribution >= 4 is 10.0 Å². The first-order valence-corrected chi connectivity index (χ1v) is 7.68. The summed E-state index contributed by atoms with van der Waals surface area (Å²) in [5, 5.41) is 6.57. The van der Waals surface area contributed by atoms with E-state index in [9.17, 15) is 8.42 Å². The second-order valence-electron chi connectivity index (χ2n) is 4.36. The molecule has 7 heteroatoms. The quantitative estimate of drug-likeness (QED) is 0.611. The highest BCUT2D eigenvalue weighted by Crippen LogP contribution is 2.16. The number of aromatic nitrogens is 2. The molecule has 6 nitrogen and oxygen atoms in total. The Kier molecular flexibility index (Phi) is 5.77. The Hall–Kier alpha value is -0.920. The zero-order valence-electron chi connectivity index (χ0n) is 11.0. The Balaban J connectivity index is 2.46. The van der Waals surface area contributed by atoms with Gasteiger partial charge < -0.3 is 5.73 Å². The van der Waals surface area contributed by atoms with Gasteiger partial charge in [-0.05, 0) is 33.2 Å². The molecule has 1 heterocycles. The van der Waals surface area contributed by atoms with Gasteiger partial charge in [0.25, 0.3) is 0 Å².